The molecule has 4 bridgehead atoms. The van der Waals surface area contributed by atoms with E-state index in [1.165, 1.54) is 7.11 Å². The fourth-order valence-corrected chi connectivity index (χ4v) is 8.12. The molecule has 214 valence electrons. The molecule has 5 rings (SSSR count). The molecule has 9 heteroatoms. The summed E-state index contributed by atoms with van der Waals surface area (Å²) in [6, 6.07) is 3.38. The standard InChI is InChI=1S/C30H41NO8/c1-14-11-16(3)30-19(12-21(36-7)28(35)37-23(14)18(5)32)15(2)13-29(6)25(30)22(33)17(4)24(26(29)39-30)38-27(34)20-9-8-10-31-20/h8-11,14,17-19,21-26,31-33H,2,12-13H2,1,3-7H3/b16-11+/t14-,17-,18-,19+,21+,22-,23+,24-,25-,26+,29-,30+/m1/s1. The summed E-state index contributed by atoms with van der Waals surface area (Å²) in [5, 5.41) is 22.4. The zero-order valence-electron chi connectivity index (χ0n) is 23.5. The minimum atomic E-state index is -1.01. The number of methoxy groups -OCH3 is 1. The van der Waals surface area contributed by atoms with Gasteiger partial charge in [0.2, 0.25) is 0 Å². The Bertz CT molecular complexity index is 1160. The largest absolute Gasteiger partial charge is 0.457 e. The Hall–Kier alpha value is -2.46. The lowest BCUT2D eigenvalue weighted by Gasteiger charge is -2.56. The zero-order chi connectivity index (χ0) is 28.4. The highest BCUT2D eigenvalue weighted by molar-refractivity contribution is 5.87. The summed E-state index contributed by atoms with van der Waals surface area (Å²) in [6.07, 6.45) is -0.227. The van der Waals surface area contributed by atoms with Gasteiger partial charge in [0, 0.05) is 42.4 Å². The number of hydrogen-bond donors (Lipinski definition) is 3. The SMILES string of the molecule is C=C1C[C@]2(C)[C@H]3[C@H](O)[C@@H](C)[C@@H](OC(=O)c4ccc[nH]4)[C@@H]2O[C@]32/C(C)=C/[C@@H](C)[C@@H]([C@@H](C)O)OC(=O)[C@@H](OC)C[C@@H]12. The van der Waals surface area contributed by atoms with Crippen LogP contribution in [0.25, 0.3) is 0 Å². The number of rotatable bonds is 4. The number of esters is 2. The second kappa shape index (κ2) is 9.87. The summed E-state index contributed by atoms with van der Waals surface area (Å²) in [5.41, 5.74) is 0.521. The van der Waals surface area contributed by atoms with E-state index in [1.54, 1.807) is 25.3 Å². The van der Waals surface area contributed by atoms with Gasteiger partial charge in [0.1, 0.15) is 29.6 Å². The molecule has 12 atom stereocenters. The molecule has 9 nitrogen and oxygen atoms in total. The zero-order valence-corrected chi connectivity index (χ0v) is 23.5. The second-order valence-electron chi connectivity index (χ2n) is 12.3. The number of aliphatic hydroxyl groups is 2. The quantitative estimate of drug-likeness (QED) is 0.390. The number of aromatic amines is 1. The van der Waals surface area contributed by atoms with Crippen LogP contribution in [0.3, 0.4) is 0 Å². The average Bonchev–Trinajstić information content (AvgIpc) is 3.45. The monoisotopic (exact) mass is 543 g/mol. The third-order valence-corrected chi connectivity index (χ3v) is 9.89. The van der Waals surface area contributed by atoms with Crippen LogP contribution in [-0.4, -0.2) is 76.5 Å². The summed E-state index contributed by atoms with van der Waals surface area (Å²) in [4.78, 5) is 29.2. The number of cyclic esters (lactones) is 1. The molecule has 1 aromatic rings. The molecule has 3 fully saturated rings. The summed E-state index contributed by atoms with van der Waals surface area (Å²) in [6.45, 7) is 13.9. The number of carbonyl (C=O) groups excluding carboxylic acids is 2. The van der Waals surface area contributed by atoms with Gasteiger partial charge in [0.25, 0.3) is 0 Å². The number of aromatic nitrogens is 1. The molecule has 0 amide bonds. The maximum Gasteiger partial charge on any atom is 0.355 e. The lowest BCUT2D eigenvalue weighted by atomic mass is 9.48. The first kappa shape index (κ1) is 28.1. The molecule has 39 heavy (non-hydrogen) atoms. The van der Waals surface area contributed by atoms with E-state index in [2.05, 4.69) is 18.5 Å². The average molecular weight is 544 g/mol. The van der Waals surface area contributed by atoms with Gasteiger partial charge in [0.15, 0.2) is 6.10 Å². The van der Waals surface area contributed by atoms with Crippen LogP contribution in [0.4, 0.5) is 0 Å². The number of H-pyrrole nitrogens is 1. The van der Waals surface area contributed by atoms with Crippen molar-refractivity contribution in [3.63, 3.8) is 0 Å². The van der Waals surface area contributed by atoms with Gasteiger partial charge in [-0.1, -0.05) is 39.0 Å². The van der Waals surface area contributed by atoms with Crippen molar-refractivity contribution >= 4 is 11.9 Å². The van der Waals surface area contributed by atoms with Gasteiger partial charge in [-0.15, -0.1) is 0 Å². The number of nitrogens with one attached hydrogen (secondary N) is 1. The van der Waals surface area contributed by atoms with E-state index in [0.29, 0.717) is 12.1 Å². The van der Waals surface area contributed by atoms with Gasteiger partial charge >= 0.3 is 11.9 Å². The molecular formula is C30H41NO8. The number of carbonyl (C=O) groups is 2. The molecule has 0 radical (unpaired) electrons. The highest BCUT2D eigenvalue weighted by Crippen LogP contribution is 2.69. The van der Waals surface area contributed by atoms with Crippen molar-refractivity contribution in [1.82, 2.24) is 4.98 Å². The third kappa shape index (κ3) is 4.12. The van der Waals surface area contributed by atoms with Crippen molar-refractivity contribution in [3.8, 4) is 0 Å². The van der Waals surface area contributed by atoms with Crippen molar-refractivity contribution < 1.29 is 38.7 Å². The molecule has 2 aliphatic carbocycles. The normalized spacial score (nSPS) is 45.9. The first-order chi connectivity index (χ1) is 18.4. The van der Waals surface area contributed by atoms with Crippen LogP contribution in [-0.2, 0) is 23.7 Å². The van der Waals surface area contributed by atoms with Crippen LogP contribution in [0.2, 0.25) is 0 Å². The fraction of sp³-hybridized carbons (Fsp3) is 0.667. The van der Waals surface area contributed by atoms with E-state index in [1.807, 2.05) is 26.8 Å². The predicted octanol–water partition coefficient (Wildman–Crippen LogP) is 3.18. The van der Waals surface area contributed by atoms with Crippen LogP contribution < -0.4 is 0 Å². The van der Waals surface area contributed by atoms with Crippen LogP contribution >= 0.6 is 0 Å². The number of hydrogen-bond acceptors (Lipinski definition) is 8. The maximum atomic E-state index is 13.2. The minimum absolute atomic E-state index is 0.244. The molecule has 4 aliphatic rings. The van der Waals surface area contributed by atoms with Gasteiger partial charge in [-0.3, -0.25) is 0 Å². The molecule has 2 saturated carbocycles. The molecule has 1 aromatic heterocycles. The van der Waals surface area contributed by atoms with E-state index in [-0.39, 0.29) is 24.2 Å². The molecule has 1 spiro atoms. The number of aliphatic hydroxyl groups excluding tert-OH is 2. The maximum absolute atomic E-state index is 13.2. The summed E-state index contributed by atoms with van der Waals surface area (Å²) >= 11 is 0. The van der Waals surface area contributed by atoms with Crippen molar-refractivity contribution in [2.45, 2.75) is 89.7 Å². The van der Waals surface area contributed by atoms with Gasteiger partial charge < -0.3 is 34.1 Å². The van der Waals surface area contributed by atoms with E-state index in [0.717, 1.165) is 11.1 Å². The van der Waals surface area contributed by atoms with E-state index in [9.17, 15) is 19.8 Å². The minimum Gasteiger partial charge on any atom is -0.457 e. The van der Waals surface area contributed by atoms with Crippen LogP contribution in [0.5, 0.6) is 0 Å². The van der Waals surface area contributed by atoms with Gasteiger partial charge in [-0.2, -0.15) is 0 Å². The Labute approximate surface area is 229 Å². The van der Waals surface area contributed by atoms with E-state index in [4.69, 9.17) is 18.9 Å². The predicted molar refractivity (Wildman–Crippen MR) is 142 cm³/mol. The van der Waals surface area contributed by atoms with Crippen LogP contribution in [0.15, 0.2) is 42.1 Å². The van der Waals surface area contributed by atoms with Crippen molar-refractivity contribution in [2.75, 3.05) is 7.11 Å². The first-order valence-corrected chi connectivity index (χ1v) is 13.8. The number of ether oxygens (including phenoxy) is 4. The summed E-state index contributed by atoms with van der Waals surface area (Å²) in [5.74, 6) is -2.50. The Balaban J connectivity index is 1.64. The highest BCUT2D eigenvalue weighted by Gasteiger charge is 2.75. The van der Waals surface area contributed by atoms with Crippen LogP contribution in [0.1, 0.15) is 57.9 Å². The van der Waals surface area contributed by atoms with Crippen LogP contribution in [0, 0.1) is 29.1 Å². The summed E-state index contributed by atoms with van der Waals surface area (Å²) in [7, 11) is 1.46. The molecular weight excluding hydrogens is 502 g/mol. The molecule has 3 heterocycles. The van der Waals surface area contributed by atoms with Gasteiger partial charge in [0.05, 0.1) is 12.2 Å². The molecule has 0 aromatic carbocycles. The Kier molecular flexibility index (Phi) is 7.11. The topological polar surface area (TPSA) is 127 Å². The molecule has 0 unspecified atom stereocenters. The molecule has 2 aliphatic heterocycles. The smallest absolute Gasteiger partial charge is 0.355 e. The van der Waals surface area contributed by atoms with Crippen molar-refractivity contribution in [3.05, 3.63) is 47.8 Å². The lowest BCUT2D eigenvalue weighted by Crippen LogP contribution is -2.63. The Morgan fingerprint density at radius 2 is 2.05 bits per heavy atom. The third-order valence-electron chi connectivity index (χ3n) is 9.89. The van der Waals surface area contributed by atoms with E-state index >= 15 is 0 Å². The second-order valence-corrected chi connectivity index (χ2v) is 12.3. The fourth-order valence-electron chi connectivity index (χ4n) is 8.12. The summed E-state index contributed by atoms with van der Waals surface area (Å²) < 4.78 is 24.6. The van der Waals surface area contributed by atoms with Gasteiger partial charge in [-0.05, 0) is 44.4 Å². The molecule has 3 N–H and O–H groups in total. The lowest BCUT2D eigenvalue weighted by molar-refractivity contribution is -0.172. The Morgan fingerprint density at radius 1 is 1.33 bits per heavy atom. The first-order valence-electron chi connectivity index (χ1n) is 13.8. The van der Waals surface area contributed by atoms with Gasteiger partial charge in [-0.25, -0.2) is 9.59 Å². The highest BCUT2D eigenvalue weighted by atomic mass is 16.6. The van der Waals surface area contributed by atoms with Crippen molar-refractivity contribution in [1.29, 1.82) is 0 Å². The van der Waals surface area contributed by atoms with E-state index < -0.39 is 65.5 Å². The molecule has 1 saturated heterocycles. The van der Waals surface area contributed by atoms with Crippen molar-refractivity contribution in [2.24, 2.45) is 29.1 Å². The Morgan fingerprint density at radius 3 is 2.67 bits per heavy atom.